The molecule has 2 amide bonds. The summed E-state index contributed by atoms with van der Waals surface area (Å²) in [6.45, 7) is 0.478. The van der Waals surface area contributed by atoms with Gasteiger partial charge in [-0.15, -0.1) is 0 Å². The molecule has 6 nitrogen and oxygen atoms in total. The minimum Gasteiger partial charge on any atom is -0.398 e. The normalized spacial score (nSPS) is 11.2. The van der Waals surface area contributed by atoms with Crippen LogP contribution in [0, 0.1) is 11.6 Å². The number of anilines is 2. The average molecular weight is 501 g/mol. The first-order valence-corrected chi connectivity index (χ1v) is 9.83. The molecule has 0 fully saturated rings. The summed E-state index contributed by atoms with van der Waals surface area (Å²) in [6.07, 6.45) is 1.00. The molecule has 0 aliphatic carbocycles. The first kappa shape index (κ1) is 24.3. The van der Waals surface area contributed by atoms with Gasteiger partial charge >= 0.3 is 6.05 Å². The fourth-order valence-corrected chi connectivity index (χ4v) is 3.34. The number of pyridine rings is 1. The van der Waals surface area contributed by atoms with Crippen LogP contribution in [0.1, 0.15) is 27.8 Å². The first-order chi connectivity index (χ1) is 15.4. The van der Waals surface area contributed by atoms with E-state index in [4.69, 9.17) is 28.9 Å². The van der Waals surface area contributed by atoms with Crippen molar-refractivity contribution in [1.29, 1.82) is 0 Å². The second-order valence-electron chi connectivity index (χ2n) is 6.89. The molecule has 0 bridgehead atoms. The molecule has 172 valence electrons. The van der Waals surface area contributed by atoms with Crippen molar-refractivity contribution in [2.45, 2.75) is 13.0 Å². The number of aromatic nitrogens is 1. The van der Waals surface area contributed by atoms with Gasteiger partial charge in [-0.2, -0.15) is 8.78 Å². The minimum absolute atomic E-state index is 0.00635. The summed E-state index contributed by atoms with van der Waals surface area (Å²) >= 11 is 12.1. The molecule has 12 heteroatoms. The Morgan fingerprint density at radius 2 is 1.70 bits per heavy atom. The van der Waals surface area contributed by atoms with Crippen LogP contribution in [0.3, 0.4) is 0 Å². The van der Waals surface area contributed by atoms with Gasteiger partial charge in [-0.05, 0) is 36.4 Å². The Balaban J connectivity index is 1.84. The van der Waals surface area contributed by atoms with E-state index < -0.39 is 35.2 Å². The second kappa shape index (κ2) is 9.24. The summed E-state index contributed by atoms with van der Waals surface area (Å²) in [5, 5.41) is 3.33. The third-order valence-electron chi connectivity index (χ3n) is 4.25. The maximum Gasteiger partial charge on any atom is 0.322 e. The van der Waals surface area contributed by atoms with E-state index in [9.17, 15) is 27.2 Å². The number of rotatable bonds is 5. The van der Waals surface area contributed by atoms with Crippen LogP contribution in [0.25, 0.3) is 11.1 Å². The molecule has 4 N–H and O–H groups in total. The number of alkyl halides is 2. The Morgan fingerprint density at radius 3 is 2.30 bits per heavy atom. The zero-order chi connectivity index (χ0) is 24.5. The molecule has 3 rings (SSSR count). The van der Waals surface area contributed by atoms with Crippen molar-refractivity contribution in [3.05, 3.63) is 75.5 Å². The molecule has 3 aromatic rings. The van der Waals surface area contributed by atoms with Crippen LogP contribution in [-0.4, -0.2) is 22.8 Å². The van der Waals surface area contributed by atoms with Gasteiger partial charge in [-0.25, -0.2) is 13.8 Å². The molecule has 0 radical (unpaired) electrons. The Hall–Kier alpha value is -3.37. The maximum atomic E-state index is 14.7. The van der Waals surface area contributed by atoms with Crippen LogP contribution in [-0.2, 0) is 0 Å². The predicted octanol–water partition coefficient (Wildman–Crippen LogP) is 5.51. The van der Waals surface area contributed by atoms with E-state index >= 15 is 0 Å². The van der Waals surface area contributed by atoms with Gasteiger partial charge in [0, 0.05) is 23.7 Å². The topological polar surface area (TPSA) is 97.1 Å². The van der Waals surface area contributed by atoms with Crippen LogP contribution < -0.4 is 16.4 Å². The van der Waals surface area contributed by atoms with Gasteiger partial charge in [-0.3, -0.25) is 14.9 Å². The number of halogens is 6. The van der Waals surface area contributed by atoms with Crippen LogP contribution in [0.4, 0.5) is 28.9 Å². The van der Waals surface area contributed by atoms with Gasteiger partial charge in [0.05, 0.1) is 27.5 Å². The molecule has 0 atom stereocenters. The lowest BCUT2D eigenvalue weighted by Crippen LogP contribution is -2.38. The summed E-state index contributed by atoms with van der Waals surface area (Å²) in [7, 11) is 0. The van der Waals surface area contributed by atoms with Crippen molar-refractivity contribution in [2.75, 3.05) is 11.1 Å². The number of hydrogen-bond acceptors (Lipinski definition) is 4. The highest BCUT2D eigenvalue weighted by Gasteiger charge is 2.26. The van der Waals surface area contributed by atoms with Crippen molar-refractivity contribution in [3.8, 4) is 11.1 Å². The summed E-state index contributed by atoms with van der Waals surface area (Å²) in [6, 6.07) is 3.05. The summed E-state index contributed by atoms with van der Waals surface area (Å²) < 4.78 is 53.9. The van der Waals surface area contributed by atoms with E-state index in [1.54, 1.807) is 0 Å². The fourth-order valence-electron chi connectivity index (χ4n) is 2.84. The smallest absolute Gasteiger partial charge is 0.322 e. The molecule has 0 saturated heterocycles. The number of nitrogens with zero attached hydrogens (tertiary/aromatic N) is 1. The van der Waals surface area contributed by atoms with Gasteiger partial charge in [0.2, 0.25) is 0 Å². The predicted molar refractivity (Wildman–Crippen MR) is 117 cm³/mol. The molecule has 1 heterocycles. The highest BCUT2D eigenvalue weighted by atomic mass is 35.5. The third kappa shape index (κ3) is 5.71. The number of benzene rings is 2. The SMILES string of the molecule is CC(F)(F)NC(=O)c1ncc(NC(=O)c2cc(F)c(-c3ccc(F)cc3N)cc2Cl)cc1Cl. The molecule has 0 saturated carbocycles. The number of nitrogen functional groups attached to an aromatic ring is 1. The highest BCUT2D eigenvalue weighted by molar-refractivity contribution is 6.35. The van der Waals surface area contributed by atoms with Crippen molar-refractivity contribution >= 4 is 46.4 Å². The van der Waals surface area contributed by atoms with Crippen LogP contribution in [0.2, 0.25) is 10.0 Å². The molecular formula is C21H14Cl2F4N4O2. The number of nitrogens with one attached hydrogen (secondary N) is 2. The van der Waals surface area contributed by atoms with E-state index in [1.807, 2.05) is 0 Å². The summed E-state index contributed by atoms with van der Waals surface area (Å²) in [4.78, 5) is 28.0. The molecule has 33 heavy (non-hydrogen) atoms. The number of hydrogen-bond donors (Lipinski definition) is 3. The average Bonchev–Trinajstić information content (AvgIpc) is 2.68. The van der Waals surface area contributed by atoms with Gasteiger partial charge < -0.3 is 11.1 Å². The van der Waals surface area contributed by atoms with Gasteiger partial charge in [0.1, 0.15) is 17.3 Å². The Labute approximate surface area is 194 Å². The largest absolute Gasteiger partial charge is 0.398 e. The zero-order valence-electron chi connectivity index (χ0n) is 16.7. The zero-order valence-corrected chi connectivity index (χ0v) is 18.2. The van der Waals surface area contributed by atoms with E-state index in [0.29, 0.717) is 6.92 Å². The molecule has 0 spiro atoms. The van der Waals surface area contributed by atoms with Gasteiger partial charge in [0.15, 0.2) is 0 Å². The van der Waals surface area contributed by atoms with Gasteiger partial charge in [-0.1, -0.05) is 23.2 Å². The van der Waals surface area contributed by atoms with Crippen LogP contribution in [0.5, 0.6) is 0 Å². The van der Waals surface area contributed by atoms with E-state index in [-0.39, 0.29) is 38.1 Å². The fraction of sp³-hybridized carbons (Fsp3) is 0.0952. The number of carbonyl (C=O) groups is 2. The lowest BCUT2D eigenvalue weighted by atomic mass is 10.0. The maximum absolute atomic E-state index is 14.7. The molecule has 1 aromatic heterocycles. The lowest BCUT2D eigenvalue weighted by molar-refractivity contribution is -0.00950. The Kier molecular flexibility index (Phi) is 6.80. The van der Waals surface area contributed by atoms with E-state index in [0.717, 1.165) is 30.5 Å². The first-order valence-electron chi connectivity index (χ1n) is 9.07. The molecule has 0 aliphatic rings. The number of carbonyl (C=O) groups excluding carboxylic acids is 2. The standard InChI is InChI=1S/C21H14Cl2F4N4O2/c1-21(26,27)31-20(33)18-15(23)5-10(8-29-18)30-19(32)13-7-16(25)12(6-14(13)22)11-3-2-9(24)4-17(11)28/h2-8H,28H2,1H3,(H,30,32)(H,31,33). The minimum atomic E-state index is -3.49. The highest BCUT2D eigenvalue weighted by Crippen LogP contribution is 2.33. The second-order valence-corrected chi connectivity index (χ2v) is 7.71. The quantitative estimate of drug-likeness (QED) is 0.244. The summed E-state index contributed by atoms with van der Waals surface area (Å²) in [5.41, 5.74) is 5.12. The number of amides is 2. The van der Waals surface area contributed by atoms with E-state index in [1.165, 1.54) is 17.4 Å². The number of nitrogens with two attached hydrogens (primary N) is 1. The Morgan fingerprint density at radius 1 is 1.00 bits per heavy atom. The summed E-state index contributed by atoms with van der Waals surface area (Å²) in [5.74, 6) is -3.50. The monoisotopic (exact) mass is 500 g/mol. The van der Waals surface area contributed by atoms with E-state index in [2.05, 4.69) is 10.3 Å². The molecule has 0 unspecified atom stereocenters. The Bertz CT molecular complexity index is 1270. The van der Waals surface area contributed by atoms with Crippen LogP contribution >= 0.6 is 23.2 Å². The molecular weight excluding hydrogens is 487 g/mol. The lowest BCUT2D eigenvalue weighted by Gasteiger charge is -2.13. The van der Waals surface area contributed by atoms with Crippen LogP contribution in [0.15, 0.2) is 42.6 Å². The van der Waals surface area contributed by atoms with Crippen molar-refractivity contribution in [2.24, 2.45) is 0 Å². The van der Waals surface area contributed by atoms with Crippen molar-refractivity contribution in [1.82, 2.24) is 10.3 Å². The third-order valence-corrected chi connectivity index (χ3v) is 4.85. The molecule has 0 aliphatic heterocycles. The molecule has 2 aromatic carbocycles. The van der Waals surface area contributed by atoms with Gasteiger partial charge in [0.25, 0.3) is 11.8 Å². The van der Waals surface area contributed by atoms with Crippen molar-refractivity contribution in [3.63, 3.8) is 0 Å². The van der Waals surface area contributed by atoms with Crippen molar-refractivity contribution < 1.29 is 27.2 Å².